The predicted molar refractivity (Wildman–Crippen MR) is 94.9 cm³/mol. The number of piperidine rings is 1. The van der Waals surface area contributed by atoms with E-state index in [0.29, 0.717) is 6.04 Å². The van der Waals surface area contributed by atoms with Crippen LogP contribution >= 0.6 is 0 Å². The average molecular weight is 324 g/mol. The third-order valence-electron chi connectivity index (χ3n) is 5.84. The van der Waals surface area contributed by atoms with Crippen LogP contribution in [0.3, 0.4) is 0 Å². The van der Waals surface area contributed by atoms with Gasteiger partial charge in [0.25, 0.3) is 0 Å². The maximum absolute atomic E-state index is 12.7. The molecule has 3 atom stereocenters. The van der Waals surface area contributed by atoms with Crippen LogP contribution in [0.2, 0.25) is 0 Å². The van der Waals surface area contributed by atoms with Gasteiger partial charge in [-0.2, -0.15) is 0 Å². The third-order valence-corrected chi connectivity index (χ3v) is 5.84. The highest BCUT2D eigenvalue weighted by molar-refractivity contribution is 5.92. The summed E-state index contributed by atoms with van der Waals surface area (Å²) >= 11 is 0. The van der Waals surface area contributed by atoms with Crippen molar-refractivity contribution in [2.75, 3.05) is 20.2 Å². The van der Waals surface area contributed by atoms with E-state index in [9.17, 15) is 4.79 Å². The van der Waals surface area contributed by atoms with Crippen LogP contribution in [0.1, 0.15) is 43.5 Å². The molecule has 126 valence electrons. The number of aromatic amines is 1. The molecule has 2 aliphatic rings. The summed E-state index contributed by atoms with van der Waals surface area (Å²) < 4.78 is 5.21. The van der Waals surface area contributed by atoms with Crippen molar-refractivity contribution in [3.63, 3.8) is 0 Å². The SMILES string of the molecule is C/C=C1/CN(CC)[C@@H]2C[C@H]1[C@@H](C(=O)OC)c1c2[nH]c2ccccc12. The summed E-state index contributed by atoms with van der Waals surface area (Å²) in [7, 11) is 1.50. The first-order valence-electron chi connectivity index (χ1n) is 8.77. The van der Waals surface area contributed by atoms with E-state index in [2.05, 4.69) is 41.9 Å². The number of likely N-dealkylation sites (tertiary alicyclic amines) is 1. The molecule has 2 heterocycles. The van der Waals surface area contributed by atoms with E-state index in [1.807, 2.05) is 12.1 Å². The minimum absolute atomic E-state index is 0.117. The number of carbonyl (C=O) groups is 1. The lowest BCUT2D eigenvalue weighted by Gasteiger charge is -2.46. The quantitative estimate of drug-likeness (QED) is 0.676. The van der Waals surface area contributed by atoms with Gasteiger partial charge in [-0.05, 0) is 31.5 Å². The van der Waals surface area contributed by atoms with E-state index in [1.54, 1.807) is 0 Å². The Bertz CT molecular complexity index is 820. The fourth-order valence-corrected chi connectivity index (χ4v) is 4.68. The molecule has 0 spiro atoms. The fourth-order valence-electron chi connectivity index (χ4n) is 4.68. The minimum atomic E-state index is -0.206. The largest absolute Gasteiger partial charge is 0.469 e. The molecule has 0 radical (unpaired) electrons. The van der Waals surface area contributed by atoms with Crippen LogP contribution in [-0.4, -0.2) is 36.1 Å². The van der Waals surface area contributed by atoms with E-state index in [4.69, 9.17) is 4.74 Å². The number of allylic oxidation sites excluding steroid dienone is 1. The Kier molecular flexibility index (Phi) is 3.72. The van der Waals surface area contributed by atoms with Crippen molar-refractivity contribution < 1.29 is 9.53 Å². The number of nitrogens with one attached hydrogen (secondary N) is 1. The summed E-state index contributed by atoms with van der Waals surface area (Å²) in [6, 6.07) is 8.65. The molecule has 24 heavy (non-hydrogen) atoms. The molecule has 4 rings (SSSR count). The Labute approximate surface area is 142 Å². The normalized spacial score (nSPS) is 28.1. The summed E-state index contributed by atoms with van der Waals surface area (Å²) in [6.07, 6.45) is 3.17. The van der Waals surface area contributed by atoms with Gasteiger partial charge in [0.05, 0.1) is 19.1 Å². The summed E-state index contributed by atoms with van der Waals surface area (Å²) in [5, 5.41) is 1.16. The van der Waals surface area contributed by atoms with Crippen molar-refractivity contribution in [2.24, 2.45) is 5.92 Å². The zero-order valence-corrected chi connectivity index (χ0v) is 14.5. The smallest absolute Gasteiger partial charge is 0.313 e. The van der Waals surface area contributed by atoms with E-state index in [1.165, 1.54) is 18.4 Å². The molecule has 1 aliphatic carbocycles. The number of aromatic nitrogens is 1. The van der Waals surface area contributed by atoms with Crippen LogP contribution < -0.4 is 0 Å². The number of carbonyl (C=O) groups excluding carboxylic acids is 1. The topological polar surface area (TPSA) is 45.3 Å². The van der Waals surface area contributed by atoms with Crippen molar-refractivity contribution in [1.82, 2.24) is 9.88 Å². The maximum Gasteiger partial charge on any atom is 0.313 e. The van der Waals surface area contributed by atoms with E-state index in [0.717, 1.165) is 36.0 Å². The number of esters is 1. The molecule has 4 nitrogen and oxygen atoms in total. The van der Waals surface area contributed by atoms with Gasteiger partial charge >= 0.3 is 5.97 Å². The first-order chi connectivity index (χ1) is 11.7. The van der Waals surface area contributed by atoms with Crippen molar-refractivity contribution in [1.29, 1.82) is 0 Å². The lowest BCUT2D eigenvalue weighted by Crippen LogP contribution is -2.45. The van der Waals surface area contributed by atoms with Gasteiger partial charge in [-0.3, -0.25) is 9.69 Å². The van der Waals surface area contributed by atoms with Gasteiger partial charge in [-0.1, -0.05) is 36.8 Å². The zero-order valence-electron chi connectivity index (χ0n) is 14.5. The van der Waals surface area contributed by atoms with Crippen LogP contribution in [0.25, 0.3) is 10.9 Å². The van der Waals surface area contributed by atoms with E-state index < -0.39 is 0 Å². The Balaban J connectivity index is 1.99. The molecule has 0 amide bonds. The zero-order chi connectivity index (χ0) is 16.8. The summed E-state index contributed by atoms with van der Waals surface area (Å²) in [6.45, 7) is 6.24. The van der Waals surface area contributed by atoms with Crippen molar-refractivity contribution in [3.05, 3.63) is 47.2 Å². The van der Waals surface area contributed by atoms with Gasteiger partial charge in [0.15, 0.2) is 0 Å². The highest BCUT2D eigenvalue weighted by atomic mass is 16.5. The molecular formula is C20H24N2O2. The summed E-state index contributed by atoms with van der Waals surface area (Å²) in [5.41, 5.74) is 4.83. The number of nitrogens with zero attached hydrogens (tertiary/aromatic N) is 1. The molecule has 1 saturated heterocycles. The van der Waals surface area contributed by atoms with Gasteiger partial charge in [-0.25, -0.2) is 0 Å². The predicted octanol–water partition coefficient (Wildman–Crippen LogP) is 3.77. The molecule has 2 bridgehead atoms. The van der Waals surface area contributed by atoms with Gasteiger partial charge < -0.3 is 9.72 Å². The molecule has 1 aliphatic heterocycles. The second-order valence-electron chi connectivity index (χ2n) is 6.78. The average Bonchev–Trinajstić information content (AvgIpc) is 3.01. The van der Waals surface area contributed by atoms with Gasteiger partial charge in [0.1, 0.15) is 0 Å². The summed E-state index contributed by atoms with van der Waals surface area (Å²) in [5.74, 6) is -0.0849. The highest BCUT2D eigenvalue weighted by Crippen LogP contribution is 2.52. The van der Waals surface area contributed by atoms with Gasteiger partial charge in [-0.15, -0.1) is 0 Å². The molecule has 4 heteroatoms. The second-order valence-corrected chi connectivity index (χ2v) is 6.78. The highest BCUT2D eigenvalue weighted by Gasteiger charge is 2.47. The molecule has 1 aromatic heterocycles. The molecule has 0 unspecified atom stereocenters. The Morgan fingerprint density at radius 1 is 1.42 bits per heavy atom. The Morgan fingerprint density at radius 3 is 2.92 bits per heavy atom. The number of likely N-dealkylation sites (N-methyl/N-ethyl adjacent to an activating group) is 1. The van der Waals surface area contributed by atoms with E-state index >= 15 is 0 Å². The lowest BCUT2D eigenvalue weighted by atomic mass is 9.68. The van der Waals surface area contributed by atoms with Crippen molar-refractivity contribution in [3.8, 4) is 0 Å². The number of hydrogen-bond donors (Lipinski definition) is 1. The molecular weight excluding hydrogens is 300 g/mol. The molecule has 1 aromatic carbocycles. The number of H-pyrrole nitrogens is 1. The number of methoxy groups -OCH3 is 1. The number of hydrogen-bond acceptors (Lipinski definition) is 3. The van der Waals surface area contributed by atoms with Crippen LogP contribution in [-0.2, 0) is 9.53 Å². The maximum atomic E-state index is 12.7. The van der Waals surface area contributed by atoms with Crippen molar-refractivity contribution >= 4 is 16.9 Å². The molecule has 1 fully saturated rings. The monoisotopic (exact) mass is 324 g/mol. The van der Waals surface area contributed by atoms with Crippen LogP contribution in [0, 0.1) is 5.92 Å². The van der Waals surface area contributed by atoms with Gasteiger partial charge in [0.2, 0.25) is 0 Å². The molecule has 1 N–H and O–H groups in total. The number of rotatable bonds is 2. The first-order valence-corrected chi connectivity index (χ1v) is 8.77. The molecule has 2 aromatic rings. The molecule has 0 saturated carbocycles. The first kappa shape index (κ1) is 15.5. The van der Waals surface area contributed by atoms with Crippen LogP contribution in [0.15, 0.2) is 35.9 Å². The van der Waals surface area contributed by atoms with Crippen LogP contribution in [0.4, 0.5) is 0 Å². The summed E-state index contributed by atoms with van der Waals surface area (Å²) in [4.78, 5) is 18.8. The van der Waals surface area contributed by atoms with E-state index in [-0.39, 0.29) is 17.8 Å². The number of fused-ring (bicyclic) bond motifs is 6. The number of benzene rings is 1. The number of ether oxygens (including phenoxy) is 1. The minimum Gasteiger partial charge on any atom is -0.469 e. The fraction of sp³-hybridized carbons (Fsp3) is 0.450. The lowest BCUT2D eigenvalue weighted by molar-refractivity contribution is -0.144. The van der Waals surface area contributed by atoms with Gasteiger partial charge in [0, 0.05) is 29.1 Å². The Morgan fingerprint density at radius 2 is 2.21 bits per heavy atom. The van der Waals surface area contributed by atoms with Crippen molar-refractivity contribution in [2.45, 2.75) is 32.2 Å². The second kappa shape index (κ2) is 5.78. The third kappa shape index (κ3) is 2.06. The number of para-hydroxylation sites is 1. The van der Waals surface area contributed by atoms with Crippen LogP contribution in [0.5, 0.6) is 0 Å². The standard InChI is InChI=1S/C20H24N2O2/c1-4-12-11-22(5-2)16-10-14(12)18(20(23)24-3)17-13-8-6-7-9-15(13)21-19(16)17/h4,6-9,14,16,18,21H,5,10-11H2,1-3H3/b12-4-/t14-,16-,18-/m1/s1. The Hall–Kier alpha value is -2.07.